The van der Waals surface area contributed by atoms with Gasteiger partial charge in [-0.25, -0.2) is 9.59 Å². The van der Waals surface area contributed by atoms with Crippen molar-refractivity contribution in [3.05, 3.63) is 144 Å². The zero-order valence-electron chi connectivity index (χ0n) is 26.4. The fraction of sp³-hybridized carbons (Fsp3) is 0.243. The van der Waals surface area contributed by atoms with E-state index in [0.29, 0.717) is 0 Å². The maximum Gasteiger partial charge on any atom is 0.408 e. The molecule has 4 aromatic rings. The van der Waals surface area contributed by atoms with Crippen molar-refractivity contribution in [3.63, 3.8) is 0 Å². The number of ether oxygens (including phenoxy) is 2. The Morgan fingerprint density at radius 2 is 0.896 bits per heavy atom. The molecule has 4 rings (SSSR count). The first kappa shape index (κ1) is 35.2. The Morgan fingerprint density at radius 3 is 1.29 bits per heavy atom. The molecule has 0 unspecified atom stereocenters. The molecule has 250 valence electrons. The van der Waals surface area contributed by atoms with Crippen LogP contribution < -0.4 is 21.3 Å². The van der Waals surface area contributed by atoms with Gasteiger partial charge in [-0.05, 0) is 22.3 Å². The average Bonchev–Trinajstić information content (AvgIpc) is 3.12. The first-order valence-corrected chi connectivity index (χ1v) is 15.6. The van der Waals surface area contributed by atoms with Gasteiger partial charge in [0.05, 0.1) is 12.6 Å². The number of hydrogen-bond acceptors (Lipinski definition) is 7. The third-order valence-electron chi connectivity index (χ3n) is 7.30. The Labute approximate surface area is 279 Å². The number of carbonyl (C=O) groups excluding carboxylic acids is 4. The van der Waals surface area contributed by atoms with Gasteiger partial charge in [0.25, 0.3) is 0 Å². The van der Waals surface area contributed by atoms with Gasteiger partial charge in [0.15, 0.2) is 0 Å². The molecule has 0 aliphatic heterocycles. The van der Waals surface area contributed by atoms with E-state index >= 15 is 0 Å². The summed E-state index contributed by atoms with van der Waals surface area (Å²) in [5.41, 5.74) is 3.19. The molecular weight excluding hydrogens is 612 g/mol. The van der Waals surface area contributed by atoms with Crippen molar-refractivity contribution < 1.29 is 33.8 Å². The second-order valence-electron chi connectivity index (χ2n) is 11.0. The molecule has 0 aliphatic rings. The lowest BCUT2D eigenvalue weighted by molar-refractivity contribution is -0.125. The van der Waals surface area contributed by atoms with Gasteiger partial charge in [-0.3, -0.25) is 9.59 Å². The Balaban J connectivity index is 1.35. The molecule has 0 aliphatic carbocycles. The summed E-state index contributed by atoms with van der Waals surface area (Å²) in [5, 5.41) is 20.7. The van der Waals surface area contributed by atoms with Crippen LogP contribution in [0.15, 0.2) is 121 Å². The molecule has 11 heteroatoms. The summed E-state index contributed by atoms with van der Waals surface area (Å²) < 4.78 is 10.6. The topological polar surface area (TPSA) is 155 Å². The molecule has 0 heterocycles. The largest absolute Gasteiger partial charge is 0.445 e. The number of aliphatic hydroxyl groups is 1. The summed E-state index contributed by atoms with van der Waals surface area (Å²) in [6.45, 7) is -0.597. The van der Waals surface area contributed by atoms with Gasteiger partial charge in [0, 0.05) is 19.4 Å². The standard InChI is InChI=1S/C37H40N4O7/c42-24-31(39-35(44)33(22-28-15-7-2-8-16-28)41-37(46)48-26-30-19-11-4-12-20-30)23-38-34(43)32(21-27-13-5-1-6-14-27)40-36(45)47-25-29-17-9-3-10-18-29/h1-20,31-33,42H,21-26H2,(H,38,43)(H,39,44)(H,40,45)(H,41,46)/t31-,32-,33-/m0/s1. The molecule has 0 fully saturated rings. The van der Waals surface area contributed by atoms with Crippen LogP contribution in [0.1, 0.15) is 22.3 Å². The molecule has 0 spiro atoms. The van der Waals surface area contributed by atoms with Crippen molar-refractivity contribution in [2.75, 3.05) is 13.2 Å². The fourth-order valence-electron chi connectivity index (χ4n) is 4.74. The number of rotatable bonds is 16. The highest BCUT2D eigenvalue weighted by atomic mass is 16.6. The third kappa shape index (κ3) is 12.3. The number of amides is 4. The molecular formula is C37H40N4O7. The van der Waals surface area contributed by atoms with Gasteiger partial charge in [-0.15, -0.1) is 0 Å². The SMILES string of the molecule is O=C(N[C@@H](Cc1ccccc1)C(=O)NC[C@@H](CO)NC(=O)[C@H](Cc1ccccc1)NC(=O)OCc1ccccc1)OCc1ccccc1. The van der Waals surface area contributed by atoms with E-state index in [0.717, 1.165) is 22.3 Å². The minimum atomic E-state index is -1.03. The number of hydrogen-bond donors (Lipinski definition) is 5. The first-order chi connectivity index (χ1) is 23.4. The Hall–Kier alpha value is -5.68. The van der Waals surface area contributed by atoms with Gasteiger partial charge >= 0.3 is 12.2 Å². The summed E-state index contributed by atoms with van der Waals surface area (Å²) in [4.78, 5) is 52.0. The highest BCUT2D eigenvalue weighted by Gasteiger charge is 2.26. The van der Waals surface area contributed by atoms with Crippen molar-refractivity contribution in [1.82, 2.24) is 21.3 Å². The molecule has 5 N–H and O–H groups in total. The van der Waals surface area contributed by atoms with Crippen LogP contribution in [0.3, 0.4) is 0 Å². The van der Waals surface area contributed by atoms with E-state index in [1.807, 2.05) is 121 Å². The van der Waals surface area contributed by atoms with Crippen LogP contribution in [0.25, 0.3) is 0 Å². The van der Waals surface area contributed by atoms with E-state index in [2.05, 4.69) is 21.3 Å². The van der Waals surface area contributed by atoms with Crippen LogP contribution in [0.5, 0.6) is 0 Å². The van der Waals surface area contributed by atoms with E-state index in [4.69, 9.17) is 9.47 Å². The molecule has 4 aromatic carbocycles. The summed E-state index contributed by atoms with van der Waals surface area (Å²) in [7, 11) is 0. The predicted molar refractivity (Wildman–Crippen MR) is 179 cm³/mol. The van der Waals surface area contributed by atoms with Gasteiger partial charge in [0.1, 0.15) is 25.3 Å². The van der Waals surface area contributed by atoms with E-state index < -0.39 is 48.7 Å². The van der Waals surface area contributed by atoms with Crippen molar-refractivity contribution >= 4 is 24.0 Å². The monoisotopic (exact) mass is 652 g/mol. The number of aliphatic hydroxyl groups excluding tert-OH is 1. The van der Waals surface area contributed by atoms with Gasteiger partial charge < -0.3 is 35.8 Å². The molecule has 0 radical (unpaired) electrons. The molecule has 48 heavy (non-hydrogen) atoms. The summed E-state index contributed by atoms with van der Waals surface area (Å²) >= 11 is 0. The summed E-state index contributed by atoms with van der Waals surface area (Å²) in [6, 6.07) is 33.6. The Bertz CT molecular complexity index is 1570. The van der Waals surface area contributed by atoms with Crippen LogP contribution in [-0.4, -0.2) is 60.4 Å². The second-order valence-corrected chi connectivity index (χ2v) is 11.0. The number of alkyl carbamates (subject to hydrolysis) is 2. The highest BCUT2D eigenvalue weighted by molar-refractivity contribution is 5.87. The smallest absolute Gasteiger partial charge is 0.408 e. The molecule has 11 nitrogen and oxygen atoms in total. The number of carbonyl (C=O) groups is 4. The Morgan fingerprint density at radius 1 is 0.521 bits per heavy atom. The first-order valence-electron chi connectivity index (χ1n) is 15.6. The highest BCUT2D eigenvalue weighted by Crippen LogP contribution is 2.08. The normalized spacial score (nSPS) is 12.4. The lowest BCUT2D eigenvalue weighted by Crippen LogP contribution is -2.55. The maximum atomic E-state index is 13.4. The molecule has 4 amide bonds. The van der Waals surface area contributed by atoms with Gasteiger partial charge in [-0.2, -0.15) is 0 Å². The van der Waals surface area contributed by atoms with E-state index in [1.165, 1.54) is 0 Å². The van der Waals surface area contributed by atoms with Crippen LogP contribution in [0.2, 0.25) is 0 Å². The fourth-order valence-corrected chi connectivity index (χ4v) is 4.74. The quantitative estimate of drug-likeness (QED) is 0.124. The van der Waals surface area contributed by atoms with Gasteiger partial charge in [0.2, 0.25) is 11.8 Å². The van der Waals surface area contributed by atoms with Crippen molar-refractivity contribution in [1.29, 1.82) is 0 Å². The second kappa shape index (κ2) is 19.1. The molecule has 3 atom stereocenters. The zero-order valence-corrected chi connectivity index (χ0v) is 26.4. The maximum absolute atomic E-state index is 13.4. The van der Waals surface area contributed by atoms with Crippen LogP contribution in [-0.2, 0) is 45.1 Å². The average molecular weight is 653 g/mol. The van der Waals surface area contributed by atoms with Crippen molar-refractivity contribution in [3.8, 4) is 0 Å². The molecule has 0 aromatic heterocycles. The number of nitrogens with one attached hydrogen (secondary N) is 4. The van der Waals surface area contributed by atoms with E-state index in [1.54, 1.807) is 0 Å². The van der Waals surface area contributed by atoms with E-state index in [9.17, 15) is 24.3 Å². The molecule has 0 bridgehead atoms. The number of benzene rings is 4. The van der Waals surface area contributed by atoms with Gasteiger partial charge in [-0.1, -0.05) is 121 Å². The van der Waals surface area contributed by atoms with Crippen LogP contribution >= 0.6 is 0 Å². The lowest BCUT2D eigenvalue weighted by atomic mass is 10.0. The lowest BCUT2D eigenvalue weighted by Gasteiger charge is -2.24. The minimum Gasteiger partial charge on any atom is -0.445 e. The summed E-state index contributed by atoms with van der Waals surface area (Å²) in [5.74, 6) is -1.11. The van der Waals surface area contributed by atoms with Crippen LogP contribution in [0.4, 0.5) is 9.59 Å². The van der Waals surface area contributed by atoms with Crippen molar-refractivity contribution in [2.24, 2.45) is 0 Å². The predicted octanol–water partition coefficient (Wildman–Crippen LogP) is 3.66. The minimum absolute atomic E-state index is 0.0234. The van der Waals surface area contributed by atoms with E-state index in [-0.39, 0.29) is 32.6 Å². The third-order valence-corrected chi connectivity index (χ3v) is 7.30. The summed E-state index contributed by atoms with van der Waals surface area (Å²) in [6.07, 6.45) is -1.21. The molecule has 0 saturated heterocycles. The molecule has 0 saturated carbocycles. The zero-order chi connectivity index (χ0) is 34.0. The Kier molecular flexibility index (Phi) is 14.0. The van der Waals surface area contributed by atoms with Crippen molar-refractivity contribution in [2.45, 2.75) is 44.2 Å². The van der Waals surface area contributed by atoms with Crippen LogP contribution in [0, 0.1) is 0 Å².